The first-order chi connectivity index (χ1) is 14.8. The summed E-state index contributed by atoms with van der Waals surface area (Å²) < 4.78 is 7.56. The second-order valence-electron chi connectivity index (χ2n) is 9.14. The second-order valence-corrected chi connectivity index (χ2v) is 10.2. The van der Waals surface area contributed by atoms with E-state index in [9.17, 15) is 9.59 Å². The van der Waals surface area contributed by atoms with E-state index >= 15 is 0 Å². The van der Waals surface area contributed by atoms with Gasteiger partial charge >= 0.3 is 6.09 Å². The van der Waals surface area contributed by atoms with E-state index in [2.05, 4.69) is 21.5 Å². The summed E-state index contributed by atoms with van der Waals surface area (Å²) in [5.74, 6) is 0.625. The Morgan fingerprint density at radius 1 is 1.26 bits per heavy atom. The molecule has 0 aromatic carbocycles. The van der Waals surface area contributed by atoms with Crippen molar-refractivity contribution in [2.75, 3.05) is 13.1 Å². The van der Waals surface area contributed by atoms with Crippen LogP contribution in [0.3, 0.4) is 0 Å². The Balaban J connectivity index is 1.24. The van der Waals surface area contributed by atoms with Gasteiger partial charge in [0.2, 0.25) is 0 Å². The SMILES string of the molecule is CC(C)(C)OC(=O)N1CCC(CCC(=O)C=CC2=Cc3cnc4cccc(n34)S2)CC1. The van der Waals surface area contributed by atoms with E-state index in [4.69, 9.17) is 4.74 Å². The molecule has 0 radical (unpaired) electrons. The van der Waals surface area contributed by atoms with Gasteiger partial charge in [-0.05, 0) is 76.3 Å². The molecule has 2 aromatic heterocycles. The fourth-order valence-corrected chi connectivity index (χ4v) is 4.92. The minimum absolute atomic E-state index is 0.147. The van der Waals surface area contributed by atoms with Crippen LogP contribution in [-0.2, 0) is 9.53 Å². The van der Waals surface area contributed by atoms with Gasteiger partial charge in [-0.25, -0.2) is 9.78 Å². The van der Waals surface area contributed by atoms with Crippen molar-refractivity contribution in [3.63, 3.8) is 0 Å². The number of aromatic nitrogens is 2. The first kappa shape index (κ1) is 21.7. The molecule has 0 saturated carbocycles. The molecule has 0 atom stereocenters. The summed E-state index contributed by atoms with van der Waals surface area (Å²) in [5, 5.41) is 1.11. The highest BCUT2D eigenvalue weighted by atomic mass is 32.2. The summed E-state index contributed by atoms with van der Waals surface area (Å²) in [6.07, 6.45) is 10.5. The minimum Gasteiger partial charge on any atom is -0.444 e. The molecule has 31 heavy (non-hydrogen) atoms. The molecule has 4 rings (SSSR count). The maximum atomic E-state index is 12.4. The third-order valence-corrected chi connectivity index (χ3v) is 6.55. The van der Waals surface area contributed by atoms with Crippen molar-refractivity contribution in [3.8, 4) is 0 Å². The molecule has 164 valence electrons. The van der Waals surface area contributed by atoms with Gasteiger partial charge in [-0.15, -0.1) is 0 Å². The predicted octanol–water partition coefficient (Wildman–Crippen LogP) is 5.33. The van der Waals surface area contributed by atoms with Crippen LogP contribution in [0.2, 0.25) is 0 Å². The number of piperidine rings is 1. The predicted molar refractivity (Wildman–Crippen MR) is 123 cm³/mol. The van der Waals surface area contributed by atoms with Crippen LogP contribution in [0, 0.1) is 5.92 Å². The summed E-state index contributed by atoms with van der Waals surface area (Å²) in [6.45, 7) is 7.05. The zero-order valence-corrected chi connectivity index (χ0v) is 19.2. The summed E-state index contributed by atoms with van der Waals surface area (Å²) >= 11 is 1.64. The quantitative estimate of drug-likeness (QED) is 0.589. The van der Waals surface area contributed by atoms with Crippen molar-refractivity contribution in [1.29, 1.82) is 0 Å². The van der Waals surface area contributed by atoms with Crippen molar-refractivity contribution in [2.45, 2.75) is 57.1 Å². The maximum Gasteiger partial charge on any atom is 0.410 e. The van der Waals surface area contributed by atoms with Gasteiger partial charge in [0.1, 0.15) is 11.2 Å². The lowest BCUT2D eigenvalue weighted by atomic mass is 9.91. The molecule has 0 spiro atoms. The average Bonchev–Trinajstić information content (AvgIpc) is 3.14. The number of ketones is 1. The molecular formula is C24H29N3O3S. The van der Waals surface area contributed by atoms with Crippen molar-refractivity contribution in [2.24, 2.45) is 5.92 Å². The molecule has 1 amide bonds. The van der Waals surface area contributed by atoms with Crippen LogP contribution in [0.15, 0.2) is 46.5 Å². The van der Waals surface area contributed by atoms with Gasteiger partial charge in [-0.1, -0.05) is 17.8 Å². The summed E-state index contributed by atoms with van der Waals surface area (Å²) in [5.41, 5.74) is 1.51. The van der Waals surface area contributed by atoms with Crippen LogP contribution in [-0.4, -0.2) is 44.9 Å². The zero-order chi connectivity index (χ0) is 22.0. The van der Waals surface area contributed by atoms with Crippen molar-refractivity contribution in [3.05, 3.63) is 47.1 Å². The van der Waals surface area contributed by atoms with Gasteiger partial charge in [0.05, 0.1) is 16.9 Å². The van der Waals surface area contributed by atoms with Crippen LogP contribution in [0.4, 0.5) is 4.79 Å². The van der Waals surface area contributed by atoms with E-state index in [0.29, 0.717) is 25.4 Å². The minimum atomic E-state index is -0.467. The molecule has 0 N–H and O–H groups in total. The number of amides is 1. The number of hydrogen-bond donors (Lipinski definition) is 0. The molecule has 2 aliphatic heterocycles. The molecule has 0 bridgehead atoms. The average molecular weight is 440 g/mol. The molecule has 2 aliphatic rings. The van der Waals surface area contributed by atoms with Crippen molar-refractivity contribution >= 4 is 35.4 Å². The maximum absolute atomic E-state index is 12.4. The number of carbonyl (C=O) groups is 2. The Hall–Kier alpha value is -2.54. The molecule has 0 unspecified atom stereocenters. The number of imidazole rings is 1. The first-order valence-corrected chi connectivity index (χ1v) is 11.6. The van der Waals surface area contributed by atoms with Gasteiger partial charge in [0, 0.05) is 24.4 Å². The van der Waals surface area contributed by atoms with E-state index in [0.717, 1.165) is 40.5 Å². The highest BCUT2D eigenvalue weighted by Crippen LogP contribution is 2.35. The third-order valence-electron chi connectivity index (χ3n) is 5.53. The molecule has 0 aliphatic carbocycles. The third kappa shape index (κ3) is 5.39. The fraction of sp³-hybridized carbons (Fsp3) is 0.458. The van der Waals surface area contributed by atoms with Crippen LogP contribution < -0.4 is 0 Å². The standard InChI is InChI=1S/C24H29N3O3S/c1-24(2,3)30-23(29)26-13-11-17(12-14-26)7-8-19(28)9-10-20-15-18-16-25-21-5-4-6-22(31-20)27(18)21/h4-6,9-10,15-17H,7-8,11-14H2,1-3H3. The fourth-order valence-electron chi connectivity index (χ4n) is 3.92. The number of rotatable bonds is 5. The highest BCUT2D eigenvalue weighted by molar-refractivity contribution is 8.03. The molecule has 4 heterocycles. The van der Waals surface area contributed by atoms with Gasteiger partial charge in [0.25, 0.3) is 0 Å². The number of pyridine rings is 1. The summed E-state index contributed by atoms with van der Waals surface area (Å²) in [4.78, 5) is 31.8. The smallest absolute Gasteiger partial charge is 0.410 e. The second kappa shape index (κ2) is 8.91. The first-order valence-electron chi connectivity index (χ1n) is 10.8. The van der Waals surface area contributed by atoms with Gasteiger partial charge < -0.3 is 9.64 Å². The van der Waals surface area contributed by atoms with E-state index in [1.807, 2.05) is 45.2 Å². The Kier molecular flexibility index (Phi) is 6.23. The Bertz CT molecular complexity index is 1040. The molecular weight excluding hydrogens is 410 g/mol. The van der Waals surface area contributed by atoms with Crippen LogP contribution in [0.5, 0.6) is 0 Å². The number of thioether (sulfide) groups is 1. The number of nitrogens with zero attached hydrogens (tertiary/aromatic N) is 3. The summed E-state index contributed by atoms with van der Waals surface area (Å²) in [7, 11) is 0. The van der Waals surface area contributed by atoms with Gasteiger partial charge in [-0.3, -0.25) is 9.20 Å². The molecule has 2 aromatic rings. The number of ether oxygens (including phenoxy) is 1. The number of hydrogen-bond acceptors (Lipinski definition) is 5. The van der Waals surface area contributed by atoms with Crippen LogP contribution in [0.1, 0.15) is 52.1 Å². The van der Waals surface area contributed by atoms with Gasteiger partial charge in [-0.2, -0.15) is 0 Å². The Labute approximate surface area is 187 Å². The molecule has 7 heteroatoms. The lowest BCUT2D eigenvalue weighted by Crippen LogP contribution is -2.41. The molecule has 6 nitrogen and oxygen atoms in total. The normalized spacial score (nSPS) is 17.3. The Morgan fingerprint density at radius 3 is 2.77 bits per heavy atom. The highest BCUT2D eigenvalue weighted by Gasteiger charge is 2.26. The van der Waals surface area contributed by atoms with E-state index in [1.54, 1.807) is 22.7 Å². The van der Waals surface area contributed by atoms with Crippen molar-refractivity contribution < 1.29 is 14.3 Å². The largest absolute Gasteiger partial charge is 0.444 e. The van der Waals surface area contributed by atoms with E-state index in [-0.39, 0.29) is 11.9 Å². The number of carbonyl (C=O) groups excluding carboxylic acids is 2. The van der Waals surface area contributed by atoms with E-state index in [1.165, 1.54) is 0 Å². The van der Waals surface area contributed by atoms with Crippen LogP contribution in [0.25, 0.3) is 11.7 Å². The monoisotopic (exact) mass is 439 g/mol. The number of likely N-dealkylation sites (tertiary alicyclic amines) is 1. The zero-order valence-electron chi connectivity index (χ0n) is 18.3. The summed E-state index contributed by atoms with van der Waals surface area (Å²) in [6, 6.07) is 6.05. The van der Waals surface area contributed by atoms with Gasteiger partial charge in [0.15, 0.2) is 5.78 Å². The lowest BCUT2D eigenvalue weighted by molar-refractivity contribution is -0.115. The molecule has 1 fully saturated rings. The topological polar surface area (TPSA) is 63.9 Å². The van der Waals surface area contributed by atoms with Crippen LogP contribution >= 0.6 is 11.8 Å². The van der Waals surface area contributed by atoms with Crippen molar-refractivity contribution in [1.82, 2.24) is 14.3 Å². The number of allylic oxidation sites excluding steroid dienone is 2. The lowest BCUT2D eigenvalue weighted by Gasteiger charge is -2.33. The molecule has 1 saturated heterocycles. The Morgan fingerprint density at radius 2 is 2.03 bits per heavy atom. The van der Waals surface area contributed by atoms with E-state index < -0.39 is 5.60 Å².